The molecule has 3 aromatic rings. The minimum atomic E-state index is -0.485. The topological polar surface area (TPSA) is 71.0 Å². The van der Waals surface area contributed by atoms with Gasteiger partial charge >= 0.3 is 0 Å². The number of rotatable bonds is 4. The number of nitrogens with one attached hydrogen (secondary N) is 1. The van der Waals surface area contributed by atoms with Crippen LogP contribution in [0.4, 0.5) is 15.9 Å². The Bertz CT molecular complexity index is 1020. The van der Waals surface area contributed by atoms with E-state index in [0.29, 0.717) is 11.5 Å². The second kappa shape index (κ2) is 7.95. The monoisotopic (exact) mass is 393 g/mol. The summed E-state index contributed by atoms with van der Waals surface area (Å²) >= 11 is 0. The summed E-state index contributed by atoms with van der Waals surface area (Å²) in [5.74, 6) is 0.669. The Kier molecular flexibility index (Phi) is 5.20. The fraction of sp³-hybridized carbons (Fsp3) is 0.273. The molecule has 3 heterocycles. The number of nitrogens with zero attached hydrogens (tertiary/aromatic N) is 4. The van der Waals surface area contributed by atoms with Gasteiger partial charge in [-0.15, -0.1) is 0 Å². The normalized spacial score (nSPS) is 18.7. The third-order valence-corrected chi connectivity index (χ3v) is 5.25. The van der Waals surface area contributed by atoms with Crippen LogP contribution >= 0.6 is 0 Å². The molecule has 0 unspecified atom stereocenters. The number of hydrogen-bond acceptors (Lipinski definition) is 5. The summed E-state index contributed by atoms with van der Waals surface area (Å²) in [5.41, 5.74) is 2.35. The van der Waals surface area contributed by atoms with Crippen molar-refractivity contribution >= 4 is 17.4 Å². The molecule has 0 aliphatic carbocycles. The second-order valence-corrected chi connectivity index (χ2v) is 7.28. The molecule has 7 heteroatoms. The van der Waals surface area contributed by atoms with Gasteiger partial charge in [0.1, 0.15) is 11.9 Å². The standard InChI is InChI=1S/C22H22FN5O.H2/c1-14-6-8-17(11-18(14)21-25-12-16(23)13-26-21)27-22(29)19-9-7-15(2)28(19)20-5-3-4-10-24-20;/h3-6,8,10-13,15,19H,7,9H2,1-2H3,(H,27,29);1H/t15-,19-;/m1./s1. The van der Waals surface area contributed by atoms with E-state index in [-0.39, 0.29) is 19.4 Å². The lowest BCUT2D eigenvalue weighted by Crippen LogP contribution is -2.43. The van der Waals surface area contributed by atoms with E-state index in [2.05, 4.69) is 32.1 Å². The third kappa shape index (κ3) is 3.94. The van der Waals surface area contributed by atoms with Crippen LogP contribution in [0.15, 0.2) is 55.0 Å². The van der Waals surface area contributed by atoms with Gasteiger partial charge in [0.2, 0.25) is 5.91 Å². The van der Waals surface area contributed by atoms with Crippen molar-refractivity contribution in [1.29, 1.82) is 0 Å². The predicted octanol–water partition coefficient (Wildman–Crippen LogP) is 4.23. The summed E-state index contributed by atoms with van der Waals surface area (Å²) in [4.78, 5) is 27.7. The lowest BCUT2D eigenvalue weighted by Gasteiger charge is -2.28. The maximum absolute atomic E-state index is 13.1. The Morgan fingerprint density at radius 3 is 2.69 bits per heavy atom. The van der Waals surface area contributed by atoms with Gasteiger partial charge in [-0.2, -0.15) is 0 Å². The van der Waals surface area contributed by atoms with E-state index < -0.39 is 5.82 Å². The number of halogens is 1. The summed E-state index contributed by atoms with van der Waals surface area (Å²) in [6, 6.07) is 11.2. The summed E-state index contributed by atoms with van der Waals surface area (Å²) in [7, 11) is 0. The first-order chi connectivity index (χ1) is 14.0. The number of anilines is 2. The van der Waals surface area contributed by atoms with Crippen LogP contribution in [0.3, 0.4) is 0 Å². The Morgan fingerprint density at radius 2 is 1.97 bits per heavy atom. The smallest absolute Gasteiger partial charge is 0.247 e. The third-order valence-electron chi connectivity index (χ3n) is 5.25. The van der Waals surface area contributed by atoms with Crippen molar-refractivity contribution < 1.29 is 10.6 Å². The fourth-order valence-corrected chi connectivity index (χ4v) is 3.75. The molecule has 2 atom stereocenters. The number of hydrogen-bond donors (Lipinski definition) is 1. The molecule has 29 heavy (non-hydrogen) atoms. The molecule has 1 aliphatic heterocycles. The molecule has 0 bridgehead atoms. The van der Waals surface area contributed by atoms with E-state index in [1.165, 1.54) is 0 Å². The van der Waals surface area contributed by atoms with Crippen LogP contribution in [0.1, 0.15) is 26.8 Å². The Labute approximate surface area is 170 Å². The number of benzene rings is 1. The van der Waals surface area contributed by atoms with Gasteiger partial charge in [0.25, 0.3) is 0 Å². The van der Waals surface area contributed by atoms with Gasteiger partial charge in [0.05, 0.1) is 12.4 Å². The Hall–Kier alpha value is -3.35. The molecule has 150 valence electrons. The predicted molar refractivity (Wildman–Crippen MR) is 112 cm³/mol. The van der Waals surface area contributed by atoms with E-state index >= 15 is 0 Å². The maximum atomic E-state index is 13.1. The molecule has 1 N–H and O–H groups in total. The molecule has 1 aliphatic rings. The molecule has 0 spiro atoms. The molecule has 1 fully saturated rings. The molecule has 0 radical (unpaired) electrons. The molecule has 1 saturated heterocycles. The van der Waals surface area contributed by atoms with Crippen LogP contribution in [-0.4, -0.2) is 32.9 Å². The average Bonchev–Trinajstić information content (AvgIpc) is 3.12. The first-order valence-corrected chi connectivity index (χ1v) is 9.62. The molecule has 6 nitrogen and oxygen atoms in total. The van der Waals surface area contributed by atoms with Gasteiger partial charge in [0.15, 0.2) is 11.6 Å². The van der Waals surface area contributed by atoms with Crippen LogP contribution < -0.4 is 10.2 Å². The summed E-state index contributed by atoms with van der Waals surface area (Å²) in [6.45, 7) is 4.03. The van der Waals surface area contributed by atoms with E-state index in [0.717, 1.165) is 42.2 Å². The van der Waals surface area contributed by atoms with Crippen molar-refractivity contribution in [2.75, 3.05) is 10.2 Å². The molecule has 2 aromatic heterocycles. The fourth-order valence-electron chi connectivity index (χ4n) is 3.75. The van der Waals surface area contributed by atoms with E-state index in [9.17, 15) is 9.18 Å². The number of amides is 1. The zero-order valence-corrected chi connectivity index (χ0v) is 16.3. The average molecular weight is 393 g/mol. The summed E-state index contributed by atoms with van der Waals surface area (Å²) in [5, 5.41) is 3.01. The summed E-state index contributed by atoms with van der Waals surface area (Å²) < 4.78 is 13.1. The minimum Gasteiger partial charge on any atom is -0.342 e. The molecule has 4 rings (SSSR count). The molecular formula is C22H24FN5O. The Morgan fingerprint density at radius 1 is 1.17 bits per heavy atom. The van der Waals surface area contributed by atoms with E-state index in [1.54, 1.807) is 6.20 Å². The largest absolute Gasteiger partial charge is 0.342 e. The molecule has 1 amide bonds. The highest BCUT2D eigenvalue weighted by atomic mass is 19.1. The quantitative estimate of drug-likeness (QED) is 0.718. The van der Waals surface area contributed by atoms with Crippen LogP contribution in [-0.2, 0) is 4.79 Å². The number of carbonyl (C=O) groups is 1. The van der Waals surface area contributed by atoms with Crippen LogP contribution in [0.2, 0.25) is 0 Å². The number of aryl methyl sites for hydroxylation is 1. The highest BCUT2D eigenvalue weighted by Gasteiger charge is 2.36. The Balaban J connectivity index is 0.00000256. The maximum Gasteiger partial charge on any atom is 0.247 e. The molecular weight excluding hydrogens is 369 g/mol. The van der Waals surface area contributed by atoms with Crippen LogP contribution in [0, 0.1) is 12.7 Å². The van der Waals surface area contributed by atoms with Crippen molar-refractivity contribution in [2.24, 2.45) is 0 Å². The van der Waals surface area contributed by atoms with Gasteiger partial charge in [-0.1, -0.05) is 12.1 Å². The van der Waals surface area contributed by atoms with Gasteiger partial charge in [0, 0.05) is 24.9 Å². The van der Waals surface area contributed by atoms with Crippen molar-refractivity contribution in [3.63, 3.8) is 0 Å². The van der Waals surface area contributed by atoms with Crippen molar-refractivity contribution in [3.8, 4) is 11.4 Å². The van der Waals surface area contributed by atoms with Crippen molar-refractivity contribution in [3.05, 3.63) is 66.4 Å². The van der Waals surface area contributed by atoms with Gasteiger partial charge < -0.3 is 10.2 Å². The van der Waals surface area contributed by atoms with Gasteiger partial charge in [-0.05, 0) is 56.5 Å². The van der Waals surface area contributed by atoms with Crippen molar-refractivity contribution in [1.82, 2.24) is 15.0 Å². The number of aromatic nitrogens is 3. The van der Waals surface area contributed by atoms with Crippen molar-refractivity contribution in [2.45, 2.75) is 38.8 Å². The molecule has 1 aromatic carbocycles. The highest BCUT2D eigenvalue weighted by molar-refractivity contribution is 5.97. The summed E-state index contributed by atoms with van der Waals surface area (Å²) in [6.07, 6.45) is 5.71. The van der Waals surface area contributed by atoms with Gasteiger partial charge in [-0.25, -0.2) is 19.3 Å². The van der Waals surface area contributed by atoms with Crippen LogP contribution in [0.5, 0.6) is 0 Å². The lowest BCUT2D eigenvalue weighted by molar-refractivity contribution is -0.117. The van der Waals surface area contributed by atoms with Crippen LogP contribution in [0.25, 0.3) is 11.4 Å². The molecule has 0 saturated carbocycles. The van der Waals surface area contributed by atoms with E-state index in [4.69, 9.17) is 0 Å². The zero-order chi connectivity index (χ0) is 20.4. The number of pyridine rings is 1. The SMILES string of the molecule is Cc1ccc(NC(=O)[C@H]2CC[C@@H](C)N2c2ccccn2)cc1-c1ncc(F)cn1.[HH]. The highest BCUT2D eigenvalue weighted by Crippen LogP contribution is 2.30. The first-order valence-electron chi connectivity index (χ1n) is 9.62. The minimum absolute atomic E-state index is 0. The van der Waals surface area contributed by atoms with E-state index in [1.807, 2.05) is 43.3 Å². The lowest BCUT2D eigenvalue weighted by atomic mass is 10.1. The number of carbonyl (C=O) groups excluding carboxylic acids is 1. The second-order valence-electron chi connectivity index (χ2n) is 7.28. The van der Waals surface area contributed by atoms with Gasteiger partial charge in [-0.3, -0.25) is 4.79 Å². The zero-order valence-electron chi connectivity index (χ0n) is 16.3. The first kappa shape index (κ1) is 19.0.